The van der Waals surface area contributed by atoms with E-state index in [1.54, 1.807) is 0 Å². The van der Waals surface area contributed by atoms with Crippen LogP contribution in [0.25, 0.3) is 0 Å². The Morgan fingerprint density at radius 1 is 1.33 bits per heavy atom. The number of amides is 1. The van der Waals surface area contributed by atoms with Gasteiger partial charge in [-0.2, -0.15) is 0 Å². The fraction of sp³-hybridized carbons (Fsp3) is 0.588. The molecule has 1 aliphatic rings. The van der Waals surface area contributed by atoms with Crippen molar-refractivity contribution in [2.24, 2.45) is 0 Å². The summed E-state index contributed by atoms with van der Waals surface area (Å²) in [5.41, 5.74) is 3.51. The van der Waals surface area contributed by atoms with Gasteiger partial charge in [-0.15, -0.1) is 0 Å². The maximum absolute atomic E-state index is 12.5. The van der Waals surface area contributed by atoms with Gasteiger partial charge in [-0.3, -0.25) is 4.79 Å². The number of aliphatic hydroxyl groups is 1. The van der Waals surface area contributed by atoms with Crippen molar-refractivity contribution in [1.29, 1.82) is 0 Å². The van der Waals surface area contributed by atoms with Crippen molar-refractivity contribution in [3.8, 4) is 0 Å². The SMILES string of the molecule is Cc1ccc(CC(=O)N2CC(O)CC2CN(C)C)cc1C. The Morgan fingerprint density at radius 3 is 2.67 bits per heavy atom. The Balaban J connectivity index is 2.05. The predicted octanol–water partition coefficient (Wildman–Crippen LogP) is 1.37. The molecule has 21 heavy (non-hydrogen) atoms. The largest absolute Gasteiger partial charge is 0.391 e. The molecule has 0 bridgehead atoms. The van der Waals surface area contributed by atoms with Crippen LogP contribution in [-0.2, 0) is 11.2 Å². The molecular formula is C17H26N2O2. The molecule has 4 heteroatoms. The van der Waals surface area contributed by atoms with Gasteiger partial charge in [0, 0.05) is 19.1 Å². The van der Waals surface area contributed by atoms with Gasteiger partial charge in [0.2, 0.25) is 5.91 Å². The van der Waals surface area contributed by atoms with Crippen LogP contribution in [0.2, 0.25) is 0 Å². The number of likely N-dealkylation sites (tertiary alicyclic amines) is 1. The number of aliphatic hydroxyl groups excluding tert-OH is 1. The van der Waals surface area contributed by atoms with Crippen LogP contribution in [0.4, 0.5) is 0 Å². The van der Waals surface area contributed by atoms with Crippen LogP contribution in [-0.4, -0.2) is 60.1 Å². The lowest BCUT2D eigenvalue weighted by molar-refractivity contribution is -0.131. The topological polar surface area (TPSA) is 43.8 Å². The smallest absolute Gasteiger partial charge is 0.227 e. The molecule has 2 unspecified atom stereocenters. The Hall–Kier alpha value is -1.39. The highest BCUT2D eigenvalue weighted by atomic mass is 16.3. The first-order chi connectivity index (χ1) is 9.86. The van der Waals surface area contributed by atoms with Crippen LogP contribution in [0, 0.1) is 13.8 Å². The van der Waals surface area contributed by atoms with E-state index in [1.807, 2.05) is 25.1 Å². The lowest BCUT2D eigenvalue weighted by Crippen LogP contribution is -2.42. The Morgan fingerprint density at radius 2 is 2.05 bits per heavy atom. The maximum atomic E-state index is 12.5. The number of carbonyl (C=O) groups is 1. The van der Waals surface area contributed by atoms with Crippen LogP contribution in [0.5, 0.6) is 0 Å². The van der Waals surface area contributed by atoms with Gasteiger partial charge in [-0.05, 0) is 51.1 Å². The van der Waals surface area contributed by atoms with Gasteiger partial charge in [0.25, 0.3) is 0 Å². The highest BCUT2D eigenvalue weighted by molar-refractivity contribution is 5.79. The van der Waals surface area contributed by atoms with Crippen molar-refractivity contribution in [2.45, 2.75) is 38.8 Å². The minimum Gasteiger partial charge on any atom is -0.391 e. The second-order valence-electron chi connectivity index (χ2n) is 6.45. The summed E-state index contributed by atoms with van der Waals surface area (Å²) in [7, 11) is 3.99. The second kappa shape index (κ2) is 6.58. The van der Waals surface area contributed by atoms with E-state index in [9.17, 15) is 9.90 Å². The summed E-state index contributed by atoms with van der Waals surface area (Å²) in [6, 6.07) is 6.29. The van der Waals surface area contributed by atoms with Crippen LogP contribution in [0.1, 0.15) is 23.1 Å². The van der Waals surface area contributed by atoms with Crippen molar-refractivity contribution in [3.05, 3.63) is 34.9 Å². The molecular weight excluding hydrogens is 264 g/mol. The molecule has 1 heterocycles. The molecule has 0 saturated carbocycles. The van der Waals surface area contributed by atoms with Gasteiger partial charge in [0.1, 0.15) is 0 Å². The zero-order valence-electron chi connectivity index (χ0n) is 13.5. The first kappa shape index (κ1) is 16.0. The first-order valence-electron chi connectivity index (χ1n) is 7.55. The molecule has 1 aliphatic heterocycles. The predicted molar refractivity (Wildman–Crippen MR) is 84.3 cm³/mol. The normalized spacial score (nSPS) is 22.1. The number of nitrogens with zero attached hydrogens (tertiary/aromatic N) is 2. The molecule has 1 amide bonds. The molecule has 1 fully saturated rings. The van der Waals surface area contributed by atoms with E-state index in [0.29, 0.717) is 19.4 Å². The molecule has 0 aliphatic carbocycles. The first-order valence-corrected chi connectivity index (χ1v) is 7.55. The van der Waals surface area contributed by atoms with E-state index in [1.165, 1.54) is 11.1 Å². The quantitative estimate of drug-likeness (QED) is 0.911. The molecule has 0 spiro atoms. The number of benzene rings is 1. The molecule has 0 radical (unpaired) electrons. The van der Waals surface area contributed by atoms with Crippen LogP contribution in [0.15, 0.2) is 18.2 Å². The summed E-state index contributed by atoms with van der Waals surface area (Å²) >= 11 is 0. The van der Waals surface area contributed by atoms with Crippen molar-refractivity contribution in [1.82, 2.24) is 9.80 Å². The molecule has 1 N–H and O–H groups in total. The number of aryl methyl sites for hydroxylation is 2. The summed E-state index contributed by atoms with van der Waals surface area (Å²) in [6.07, 6.45) is 0.702. The van der Waals surface area contributed by atoms with Gasteiger partial charge in [-0.25, -0.2) is 0 Å². The standard InChI is InChI=1S/C17H26N2O2/c1-12-5-6-14(7-13(12)2)8-17(21)19-11-16(20)9-15(19)10-18(3)4/h5-7,15-16,20H,8-11H2,1-4H3. The Kier molecular flexibility index (Phi) is 5.01. The highest BCUT2D eigenvalue weighted by Gasteiger charge is 2.34. The van der Waals surface area contributed by atoms with E-state index < -0.39 is 6.10 Å². The average molecular weight is 290 g/mol. The number of β-amino-alcohol motifs (C(OH)–C–C–N with tert-alkyl or cyclic N) is 1. The second-order valence-corrected chi connectivity index (χ2v) is 6.45. The molecule has 0 aromatic heterocycles. The van der Waals surface area contributed by atoms with E-state index >= 15 is 0 Å². The number of rotatable bonds is 4. The molecule has 2 rings (SSSR count). The average Bonchev–Trinajstić information content (AvgIpc) is 2.74. The maximum Gasteiger partial charge on any atom is 0.227 e. The molecule has 1 aromatic carbocycles. The molecule has 1 aromatic rings. The van der Waals surface area contributed by atoms with Gasteiger partial charge in [-0.1, -0.05) is 18.2 Å². The lowest BCUT2D eigenvalue weighted by atomic mass is 10.0. The number of likely N-dealkylation sites (N-methyl/N-ethyl adjacent to an activating group) is 1. The molecule has 4 nitrogen and oxygen atoms in total. The van der Waals surface area contributed by atoms with Gasteiger partial charge < -0.3 is 14.9 Å². The summed E-state index contributed by atoms with van der Waals surface area (Å²) < 4.78 is 0. The van der Waals surface area contributed by atoms with Gasteiger partial charge >= 0.3 is 0 Å². The summed E-state index contributed by atoms with van der Waals surface area (Å²) in [5.74, 6) is 0.113. The number of hydrogen-bond donors (Lipinski definition) is 1. The summed E-state index contributed by atoms with van der Waals surface area (Å²) in [4.78, 5) is 16.5. The number of hydrogen-bond acceptors (Lipinski definition) is 3. The minimum atomic E-state index is -0.390. The lowest BCUT2D eigenvalue weighted by Gasteiger charge is -2.27. The summed E-state index contributed by atoms with van der Waals surface area (Å²) in [5, 5.41) is 9.87. The van der Waals surface area contributed by atoms with Crippen LogP contribution in [0.3, 0.4) is 0 Å². The van der Waals surface area contributed by atoms with E-state index in [4.69, 9.17) is 0 Å². The van der Waals surface area contributed by atoms with E-state index in [-0.39, 0.29) is 11.9 Å². The van der Waals surface area contributed by atoms with E-state index in [0.717, 1.165) is 12.1 Å². The molecule has 1 saturated heterocycles. The third-order valence-electron chi connectivity index (χ3n) is 4.22. The van der Waals surface area contributed by atoms with Crippen LogP contribution < -0.4 is 0 Å². The van der Waals surface area contributed by atoms with Gasteiger partial charge in [0.15, 0.2) is 0 Å². The van der Waals surface area contributed by atoms with E-state index in [2.05, 4.69) is 30.9 Å². The monoisotopic (exact) mass is 290 g/mol. The Labute approximate surface area is 127 Å². The zero-order chi connectivity index (χ0) is 15.6. The number of carbonyl (C=O) groups excluding carboxylic acids is 1. The van der Waals surface area contributed by atoms with Crippen molar-refractivity contribution >= 4 is 5.91 Å². The fourth-order valence-electron chi connectivity index (χ4n) is 2.98. The Bertz CT molecular complexity index is 514. The van der Waals surface area contributed by atoms with Crippen molar-refractivity contribution < 1.29 is 9.90 Å². The molecule has 2 atom stereocenters. The fourth-order valence-corrected chi connectivity index (χ4v) is 2.98. The zero-order valence-corrected chi connectivity index (χ0v) is 13.5. The highest BCUT2D eigenvalue weighted by Crippen LogP contribution is 2.20. The van der Waals surface area contributed by atoms with Crippen LogP contribution >= 0.6 is 0 Å². The van der Waals surface area contributed by atoms with Crippen molar-refractivity contribution in [3.63, 3.8) is 0 Å². The van der Waals surface area contributed by atoms with Crippen molar-refractivity contribution in [2.75, 3.05) is 27.2 Å². The third-order valence-corrected chi connectivity index (χ3v) is 4.22. The van der Waals surface area contributed by atoms with Gasteiger partial charge in [0.05, 0.1) is 12.5 Å². The minimum absolute atomic E-state index is 0.113. The molecule has 116 valence electrons. The third kappa shape index (κ3) is 4.05. The summed E-state index contributed by atoms with van der Waals surface area (Å²) in [6.45, 7) is 5.40.